The van der Waals surface area contributed by atoms with Crippen molar-refractivity contribution in [2.45, 2.75) is 32.9 Å². The number of ether oxygens (including phenoxy) is 1. The topological polar surface area (TPSA) is 109 Å². The van der Waals surface area contributed by atoms with Crippen LogP contribution in [0, 0.1) is 5.41 Å². The smallest absolute Gasteiger partial charge is 0.335 e. The molecule has 0 saturated carbocycles. The van der Waals surface area contributed by atoms with E-state index in [0.29, 0.717) is 22.2 Å². The van der Waals surface area contributed by atoms with E-state index in [-0.39, 0.29) is 23.6 Å². The molecule has 0 radical (unpaired) electrons. The maximum atomic E-state index is 12.7. The summed E-state index contributed by atoms with van der Waals surface area (Å²) in [5, 5.41) is 16.5. The maximum absolute atomic E-state index is 12.7. The number of nitrogens with zero attached hydrogens (tertiary/aromatic N) is 3. The Morgan fingerprint density at radius 1 is 1.02 bits per heavy atom. The highest BCUT2D eigenvalue weighted by Crippen LogP contribution is 2.44. The molecule has 1 aliphatic rings. The Morgan fingerprint density at radius 3 is 2.51 bits per heavy atom. The predicted molar refractivity (Wildman–Crippen MR) is 162 cm³/mol. The fraction of sp³-hybridized carbons (Fsp3) is 0.226. The van der Waals surface area contributed by atoms with Gasteiger partial charge in [-0.15, -0.1) is 0 Å². The number of thiocarbonyl (C=S) groups is 1. The van der Waals surface area contributed by atoms with Crippen molar-refractivity contribution >= 4 is 40.6 Å². The second-order valence-electron chi connectivity index (χ2n) is 10.7. The van der Waals surface area contributed by atoms with Gasteiger partial charge in [0.1, 0.15) is 11.8 Å². The Kier molecular flexibility index (Phi) is 7.51. The molecule has 3 heterocycles. The van der Waals surface area contributed by atoms with Crippen LogP contribution in [-0.2, 0) is 4.79 Å². The van der Waals surface area contributed by atoms with E-state index >= 15 is 0 Å². The van der Waals surface area contributed by atoms with Gasteiger partial charge in [-0.1, -0.05) is 32.9 Å². The number of hydrogen-bond acceptors (Lipinski definition) is 5. The van der Waals surface area contributed by atoms with Crippen molar-refractivity contribution in [2.75, 3.05) is 17.3 Å². The minimum atomic E-state index is -0.997. The van der Waals surface area contributed by atoms with Crippen LogP contribution in [-0.4, -0.2) is 38.8 Å². The van der Waals surface area contributed by atoms with Gasteiger partial charge in [0, 0.05) is 40.9 Å². The van der Waals surface area contributed by atoms with Gasteiger partial charge in [0.15, 0.2) is 5.11 Å². The van der Waals surface area contributed by atoms with Crippen LogP contribution in [0.25, 0.3) is 5.69 Å². The van der Waals surface area contributed by atoms with Crippen molar-refractivity contribution in [3.05, 3.63) is 102 Å². The fourth-order valence-corrected chi connectivity index (χ4v) is 5.18. The highest BCUT2D eigenvalue weighted by Gasteiger charge is 2.42. The third kappa shape index (κ3) is 5.51. The lowest BCUT2D eigenvalue weighted by Crippen LogP contribution is -2.30. The average molecular weight is 570 g/mol. The van der Waals surface area contributed by atoms with Gasteiger partial charge in [-0.25, -0.2) is 4.79 Å². The molecule has 0 spiro atoms. The summed E-state index contributed by atoms with van der Waals surface area (Å²) in [4.78, 5) is 31.0. The number of pyridine rings is 1. The second-order valence-corrected chi connectivity index (χ2v) is 11.1. The van der Waals surface area contributed by atoms with Crippen molar-refractivity contribution in [2.24, 2.45) is 5.41 Å². The zero-order valence-electron chi connectivity index (χ0n) is 23.2. The fourth-order valence-electron chi connectivity index (χ4n) is 4.84. The molecule has 0 unspecified atom stereocenters. The lowest BCUT2D eigenvalue weighted by Gasteiger charge is -2.29. The van der Waals surface area contributed by atoms with Crippen LogP contribution in [0.1, 0.15) is 54.6 Å². The summed E-state index contributed by atoms with van der Waals surface area (Å²) >= 11 is 5.89. The molecule has 1 fully saturated rings. The Bertz CT molecular complexity index is 1610. The number of benzene rings is 2. The van der Waals surface area contributed by atoms with Gasteiger partial charge in [0.2, 0.25) is 5.91 Å². The largest absolute Gasteiger partial charge is 0.494 e. The van der Waals surface area contributed by atoms with Gasteiger partial charge >= 0.3 is 5.97 Å². The summed E-state index contributed by atoms with van der Waals surface area (Å²) < 4.78 is 7.65. The maximum Gasteiger partial charge on any atom is 0.335 e. The first-order valence-corrected chi connectivity index (χ1v) is 13.5. The van der Waals surface area contributed by atoms with E-state index in [4.69, 9.17) is 17.0 Å². The van der Waals surface area contributed by atoms with Crippen molar-refractivity contribution < 1.29 is 19.4 Å². The van der Waals surface area contributed by atoms with Crippen LogP contribution in [0.2, 0.25) is 0 Å². The van der Waals surface area contributed by atoms with Gasteiger partial charge in [0.25, 0.3) is 0 Å². The molecule has 41 heavy (non-hydrogen) atoms. The van der Waals surface area contributed by atoms with Gasteiger partial charge in [-0.2, -0.15) is 0 Å². The van der Waals surface area contributed by atoms with E-state index in [1.807, 2.05) is 85.0 Å². The summed E-state index contributed by atoms with van der Waals surface area (Å²) in [7, 11) is 1.56. The predicted octanol–water partition coefficient (Wildman–Crippen LogP) is 5.74. The van der Waals surface area contributed by atoms with Crippen molar-refractivity contribution in [1.82, 2.24) is 14.9 Å². The number of aromatic nitrogens is 2. The number of amides is 1. The number of hydrogen-bond donors (Lipinski definition) is 3. The zero-order chi connectivity index (χ0) is 29.3. The quantitative estimate of drug-likeness (QED) is 0.242. The molecule has 1 aliphatic heterocycles. The van der Waals surface area contributed by atoms with E-state index in [9.17, 15) is 14.7 Å². The molecule has 5 rings (SSSR count). The molecule has 9 nitrogen and oxygen atoms in total. The zero-order valence-corrected chi connectivity index (χ0v) is 24.0. The number of nitrogens with one attached hydrogen (secondary N) is 2. The summed E-state index contributed by atoms with van der Waals surface area (Å²) in [5.41, 5.74) is 3.31. The molecule has 2 atom stereocenters. The average Bonchev–Trinajstić information content (AvgIpc) is 3.57. The first-order chi connectivity index (χ1) is 19.6. The summed E-state index contributed by atoms with van der Waals surface area (Å²) in [5.74, 6) is -0.633. The van der Waals surface area contributed by atoms with Crippen LogP contribution >= 0.6 is 12.2 Å². The molecule has 1 saturated heterocycles. The number of methoxy groups -OCH3 is 1. The normalized spacial score (nSPS) is 16.8. The van der Waals surface area contributed by atoms with E-state index in [1.165, 1.54) is 0 Å². The molecular weight excluding hydrogens is 538 g/mol. The minimum Gasteiger partial charge on any atom is -0.494 e. The molecule has 210 valence electrons. The lowest BCUT2D eigenvalue weighted by atomic mass is 9.95. The Labute approximate surface area is 243 Å². The number of rotatable bonds is 7. The minimum absolute atomic E-state index is 0.128. The molecule has 4 aromatic rings. The first kappa shape index (κ1) is 27.9. The molecular formula is C31H31N5O4S. The van der Waals surface area contributed by atoms with Crippen LogP contribution in [0.15, 0.2) is 85.2 Å². The Morgan fingerprint density at radius 2 is 1.83 bits per heavy atom. The first-order valence-electron chi connectivity index (χ1n) is 13.1. The standard InChI is InChI=1S/C31H31N5O4S/c1-31(2,3)29(39)33-22-14-13-21(18-25(22)40-4)36-27(26(34-30(36)41)23-11-5-6-15-32-23)24-12-8-16-35(24)20-10-7-9-19(17-20)28(37)38/h5-18,26-27H,1-4H3,(H,33,39)(H,34,41)(H,37,38)/t26-,27-/m0/s1. The van der Waals surface area contributed by atoms with E-state index in [0.717, 1.165) is 17.1 Å². The lowest BCUT2D eigenvalue weighted by molar-refractivity contribution is -0.123. The molecule has 2 aromatic heterocycles. The molecule has 0 aliphatic carbocycles. The number of aromatic carboxylic acids is 1. The summed E-state index contributed by atoms with van der Waals surface area (Å²) in [6.07, 6.45) is 3.64. The highest BCUT2D eigenvalue weighted by atomic mass is 32.1. The van der Waals surface area contributed by atoms with Crippen molar-refractivity contribution in [3.8, 4) is 11.4 Å². The molecule has 10 heteroatoms. The highest BCUT2D eigenvalue weighted by molar-refractivity contribution is 7.80. The number of carbonyl (C=O) groups is 2. The second kappa shape index (κ2) is 11.1. The van der Waals surface area contributed by atoms with Gasteiger partial charge < -0.3 is 29.9 Å². The van der Waals surface area contributed by atoms with Gasteiger partial charge in [-0.05, 0) is 66.8 Å². The number of carboxylic acid groups (broad SMARTS) is 1. The Hall–Kier alpha value is -4.70. The molecule has 2 aromatic carbocycles. The van der Waals surface area contributed by atoms with Crippen molar-refractivity contribution in [3.63, 3.8) is 0 Å². The van der Waals surface area contributed by atoms with Crippen LogP contribution in [0.4, 0.5) is 11.4 Å². The summed E-state index contributed by atoms with van der Waals surface area (Å²) in [6, 6.07) is 21.3. The molecule has 3 N–H and O–H groups in total. The van der Waals surface area contributed by atoms with Crippen LogP contribution in [0.5, 0.6) is 5.75 Å². The third-order valence-corrected chi connectivity index (χ3v) is 7.26. The van der Waals surface area contributed by atoms with E-state index < -0.39 is 11.4 Å². The third-order valence-electron chi connectivity index (χ3n) is 6.95. The molecule has 1 amide bonds. The Balaban J connectivity index is 1.62. The van der Waals surface area contributed by atoms with E-state index in [1.54, 1.807) is 37.6 Å². The number of carboxylic acids is 1. The molecule has 0 bridgehead atoms. The SMILES string of the molecule is COc1cc(N2C(=S)N[C@@H](c3ccccn3)[C@@H]2c2cccn2-c2cccc(C(=O)O)c2)ccc1NC(=O)C(C)(C)C. The number of carbonyl (C=O) groups excluding carboxylic acids is 1. The van der Waals surface area contributed by atoms with Gasteiger partial charge in [-0.3, -0.25) is 9.78 Å². The monoisotopic (exact) mass is 569 g/mol. The van der Waals surface area contributed by atoms with Gasteiger partial charge in [0.05, 0.1) is 30.1 Å². The van der Waals surface area contributed by atoms with Crippen LogP contribution < -0.4 is 20.3 Å². The van der Waals surface area contributed by atoms with E-state index in [2.05, 4.69) is 15.6 Å². The van der Waals surface area contributed by atoms with Crippen molar-refractivity contribution in [1.29, 1.82) is 0 Å². The number of anilines is 2. The summed E-state index contributed by atoms with van der Waals surface area (Å²) in [6.45, 7) is 5.55. The van der Waals surface area contributed by atoms with Crippen LogP contribution in [0.3, 0.4) is 0 Å².